The predicted octanol–water partition coefficient (Wildman–Crippen LogP) is 0.444. The lowest BCUT2D eigenvalue weighted by Gasteiger charge is -2.25. The third kappa shape index (κ3) is 4.48. The largest absolute Gasteiger partial charge is 0.409 e. The normalized spacial score (nSPS) is 15.6. The summed E-state index contributed by atoms with van der Waals surface area (Å²) in [6, 6.07) is 0. The number of nitrogens with two attached hydrogens (primary N) is 1. The van der Waals surface area contributed by atoms with Crippen LogP contribution in [0.4, 0.5) is 0 Å². The molecule has 0 aromatic carbocycles. The summed E-state index contributed by atoms with van der Waals surface area (Å²) in [5.74, 6) is 0.0243. The summed E-state index contributed by atoms with van der Waals surface area (Å²) in [6.45, 7) is 4.11. The van der Waals surface area contributed by atoms with Crippen molar-refractivity contribution < 1.29 is 14.7 Å². The van der Waals surface area contributed by atoms with E-state index in [1.165, 1.54) is 7.11 Å². The van der Waals surface area contributed by atoms with Crippen molar-refractivity contribution in [1.29, 1.82) is 0 Å². The molecule has 4 N–H and O–H groups in total. The Morgan fingerprint density at radius 1 is 1.62 bits per heavy atom. The molecule has 0 radical (unpaired) electrons. The van der Waals surface area contributed by atoms with Gasteiger partial charge in [0, 0.05) is 20.1 Å². The van der Waals surface area contributed by atoms with E-state index in [4.69, 9.17) is 15.7 Å². The monoisotopic (exact) mass is 231 g/mol. The Morgan fingerprint density at radius 3 is 2.69 bits per heavy atom. The van der Waals surface area contributed by atoms with Crippen LogP contribution in [0.5, 0.6) is 0 Å². The molecule has 6 heteroatoms. The molecule has 0 saturated carbocycles. The van der Waals surface area contributed by atoms with E-state index in [-0.39, 0.29) is 11.7 Å². The van der Waals surface area contributed by atoms with Gasteiger partial charge in [0.25, 0.3) is 5.91 Å². The maximum Gasteiger partial charge on any atom is 0.251 e. The van der Waals surface area contributed by atoms with Gasteiger partial charge in [-0.3, -0.25) is 4.79 Å². The summed E-state index contributed by atoms with van der Waals surface area (Å²) in [4.78, 5) is 11.7. The average molecular weight is 231 g/mol. The first kappa shape index (κ1) is 14.7. The Bertz CT molecular complexity index is 250. The molecule has 1 unspecified atom stereocenters. The quantitative estimate of drug-likeness (QED) is 0.195. The van der Waals surface area contributed by atoms with Crippen LogP contribution in [-0.2, 0) is 9.53 Å². The highest BCUT2D eigenvalue weighted by Gasteiger charge is 2.30. The number of nitrogens with zero attached hydrogens (tertiary/aromatic N) is 1. The third-order valence-electron chi connectivity index (χ3n) is 2.63. The minimum absolute atomic E-state index is 0.142. The van der Waals surface area contributed by atoms with Crippen molar-refractivity contribution in [1.82, 2.24) is 5.32 Å². The van der Waals surface area contributed by atoms with Crippen LogP contribution >= 0.6 is 0 Å². The second kappa shape index (κ2) is 7.05. The van der Waals surface area contributed by atoms with Crippen LogP contribution in [-0.4, -0.2) is 36.2 Å². The number of ether oxygens (including phenoxy) is 1. The highest BCUT2D eigenvalue weighted by Crippen LogP contribution is 2.13. The standard InChI is InChI=1S/C10H21N3O3/c1-4-10(2,16-3)9(14)12-7-5-6-8(11)13-15/h15H,4-7H2,1-3H3,(H2,11,13)(H,12,14). The minimum Gasteiger partial charge on any atom is -0.409 e. The van der Waals surface area contributed by atoms with Crippen molar-refractivity contribution in [2.45, 2.75) is 38.7 Å². The molecule has 0 rings (SSSR count). The molecule has 0 aliphatic heterocycles. The van der Waals surface area contributed by atoms with Gasteiger partial charge < -0.3 is 21.0 Å². The van der Waals surface area contributed by atoms with E-state index in [0.717, 1.165) is 0 Å². The number of rotatable bonds is 7. The van der Waals surface area contributed by atoms with Gasteiger partial charge in [0.15, 0.2) is 0 Å². The Hall–Kier alpha value is -1.30. The summed E-state index contributed by atoms with van der Waals surface area (Å²) in [5.41, 5.74) is 4.51. The molecule has 0 aromatic rings. The SMILES string of the molecule is CCC(C)(OC)C(=O)NCCCC(N)=NO. The van der Waals surface area contributed by atoms with Crippen LogP contribution < -0.4 is 11.1 Å². The zero-order valence-corrected chi connectivity index (χ0v) is 10.1. The molecule has 0 heterocycles. The number of amides is 1. The van der Waals surface area contributed by atoms with E-state index in [2.05, 4.69) is 10.5 Å². The summed E-state index contributed by atoms with van der Waals surface area (Å²) < 4.78 is 5.15. The first-order chi connectivity index (χ1) is 7.50. The topological polar surface area (TPSA) is 96.9 Å². The zero-order valence-electron chi connectivity index (χ0n) is 10.1. The predicted molar refractivity (Wildman–Crippen MR) is 61.4 cm³/mol. The third-order valence-corrected chi connectivity index (χ3v) is 2.63. The van der Waals surface area contributed by atoms with Gasteiger partial charge in [-0.25, -0.2) is 0 Å². The number of oxime groups is 1. The average Bonchev–Trinajstić information content (AvgIpc) is 2.32. The zero-order chi connectivity index (χ0) is 12.6. The lowest BCUT2D eigenvalue weighted by Crippen LogP contribution is -2.45. The second-order valence-corrected chi connectivity index (χ2v) is 3.74. The van der Waals surface area contributed by atoms with Gasteiger partial charge in [-0.05, 0) is 19.8 Å². The van der Waals surface area contributed by atoms with Crippen molar-refractivity contribution >= 4 is 11.7 Å². The molecule has 94 valence electrons. The van der Waals surface area contributed by atoms with E-state index in [0.29, 0.717) is 25.8 Å². The first-order valence-electron chi connectivity index (χ1n) is 5.30. The molecule has 0 aliphatic rings. The van der Waals surface area contributed by atoms with Crippen LogP contribution in [0.15, 0.2) is 5.16 Å². The molecule has 0 spiro atoms. The summed E-state index contributed by atoms with van der Waals surface area (Å²) in [7, 11) is 1.51. The van der Waals surface area contributed by atoms with E-state index in [1.807, 2.05) is 6.92 Å². The molecule has 1 atom stereocenters. The molecule has 0 aliphatic carbocycles. The van der Waals surface area contributed by atoms with Gasteiger partial charge in [-0.1, -0.05) is 12.1 Å². The number of amidine groups is 1. The molecule has 0 bridgehead atoms. The fourth-order valence-electron chi connectivity index (χ4n) is 1.11. The number of carbonyl (C=O) groups is 1. The van der Waals surface area contributed by atoms with Gasteiger partial charge in [0.2, 0.25) is 0 Å². The summed E-state index contributed by atoms with van der Waals surface area (Å²) >= 11 is 0. The highest BCUT2D eigenvalue weighted by atomic mass is 16.5. The van der Waals surface area contributed by atoms with Crippen molar-refractivity contribution in [3.63, 3.8) is 0 Å². The first-order valence-corrected chi connectivity index (χ1v) is 5.30. The van der Waals surface area contributed by atoms with Gasteiger partial charge in [0.1, 0.15) is 11.4 Å². The van der Waals surface area contributed by atoms with E-state index >= 15 is 0 Å². The maximum absolute atomic E-state index is 11.7. The van der Waals surface area contributed by atoms with Gasteiger partial charge in [-0.2, -0.15) is 0 Å². The summed E-state index contributed by atoms with van der Waals surface area (Å²) in [5, 5.41) is 13.9. The van der Waals surface area contributed by atoms with Crippen molar-refractivity contribution in [2.24, 2.45) is 10.9 Å². The number of hydrogen-bond donors (Lipinski definition) is 3. The fraction of sp³-hybridized carbons (Fsp3) is 0.800. The van der Waals surface area contributed by atoms with Gasteiger partial charge in [-0.15, -0.1) is 0 Å². The Morgan fingerprint density at radius 2 is 2.25 bits per heavy atom. The number of methoxy groups -OCH3 is 1. The summed E-state index contributed by atoms with van der Waals surface area (Å²) in [6.07, 6.45) is 1.69. The Balaban J connectivity index is 3.90. The van der Waals surface area contributed by atoms with E-state index in [1.54, 1.807) is 6.92 Å². The highest BCUT2D eigenvalue weighted by molar-refractivity contribution is 5.84. The maximum atomic E-state index is 11.7. The molecular weight excluding hydrogens is 210 g/mol. The Labute approximate surface area is 95.8 Å². The lowest BCUT2D eigenvalue weighted by atomic mass is 10.0. The van der Waals surface area contributed by atoms with Crippen LogP contribution in [0.2, 0.25) is 0 Å². The van der Waals surface area contributed by atoms with Gasteiger partial charge >= 0.3 is 0 Å². The van der Waals surface area contributed by atoms with E-state index in [9.17, 15) is 4.79 Å². The van der Waals surface area contributed by atoms with E-state index < -0.39 is 5.60 Å². The van der Waals surface area contributed by atoms with Crippen molar-refractivity contribution in [2.75, 3.05) is 13.7 Å². The second-order valence-electron chi connectivity index (χ2n) is 3.74. The number of hydrogen-bond acceptors (Lipinski definition) is 4. The smallest absolute Gasteiger partial charge is 0.251 e. The van der Waals surface area contributed by atoms with Gasteiger partial charge in [0.05, 0.1) is 0 Å². The van der Waals surface area contributed by atoms with Crippen molar-refractivity contribution in [3.05, 3.63) is 0 Å². The number of carbonyl (C=O) groups excluding carboxylic acids is 1. The van der Waals surface area contributed by atoms with Crippen LogP contribution in [0.1, 0.15) is 33.1 Å². The molecule has 16 heavy (non-hydrogen) atoms. The van der Waals surface area contributed by atoms with Crippen LogP contribution in [0.25, 0.3) is 0 Å². The Kier molecular flexibility index (Phi) is 6.48. The minimum atomic E-state index is -0.781. The molecule has 6 nitrogen and oxygen atoms in total. The molecule has 0 saturated heterocycles. The molecule has 1 amide bonds. The number of nitrogens with one attached hydrogen (secondary N) is 1. The molecule has 0 fully saturated rings. The molecule has 0 aromatic heterocycles. The molecular formula is C10H21N3O3. The lowest BCUT2D eigenvalue weighted by molar-refractivity contribution is -0.141. The van der Waals surface area contributed by atoms with Crippen molar-refractivity contribution in [3.8, 4) is 0 Å². The fourth-order valence-corrected chi connectivity index (χ4v) is 1.11. The van der Waals surface area contributed by atoms with Crippen LogP contribution in [0, 0.1) is 0 Å². The van der Waals surface area contributed by atoms with Crippen LogP contribution in [0.3, 0.4) is 0 Å².